The lowest BCUT2D eigenvalue weighted by atomic mass is 9.83. The molecule has 0 unspecified atom stereocenters. The largest absolute Gasteiger partial charge is 0.454 e. The van der Waals surface area contributed by atoms with Crippen molar-refractivity contribution in [3.05, 3.63) is 18.2 Å². The van der Waals surface area contributed by atoms with Crippen molar-refractivity contribution in [2.75, 3.05) is 25.2 Å². The van der Waals surface area contributed by atoms with Gasteiger partial charge >= 0.3 is 0 Å². The fraction of sp³-hybridized carbons (Fsp3) is 0.556. The average Bonchev–Trinajstić information content (AvgIpc) is 3.01. The van der Waals surface area contributed by atoms with Crippen molar-refractivity contribution in [3.63, 3.8) is 0 Å². The van der Waals surface area contributed by atoms with Gasteiger partial charge in [0.1, 0.15) is 0 Å². The molecule has 1 saturated carbocycles. The minimum atomic E-state index is -0.0409. The molecule has 24 heavy (non-hydrogen) atoms. The van der Waals surface area contributed by atoms with E-state index in [0.29, 0.717) is 24.6 Å². The zero-order valence-corrected chi connectivity index (χ0v) is 13.6. The molecule has 2 amide bonds. The van der Waals surface area contributed by atoms with E-state index in [1.807, 2.05) is 11.0 Å². The van der Waals surface area contributed by atoms with E-state index in [1.165, 1.54) is 6.42 Å². The predicted octanol–water partition coefficient (Wildman–Crippen LogP) is 2.39. The van der Waals surface area contributed by atoms with Crippen LogP contribution in [0.5, 0.6) is 11.5 Å². The Morgan fingerprint density at radius 2 is 1.75 bits per heavy atom. The van der Waals surface area contributed by atoms with Gasteiger partial charge in [-0.1, -0.05) is 6.42 Å². The summed E-state index contributed by atoms with van der Waals surface area (Å²) in [5.74, 6) is 1.87. The molecule has 6 nitrogen and oxygen atoms in total. The van der Waals surface area contributed by atoms with Crippen LogP contribution in [0.25, 0.3) is 0 Å². The number of carbonyl (C=O) groups excluding carboxylic acids is 2. The van der Waals surface area contributed by atoms with E-state index < -0.39 is 0 Å². The van der Waals surface area contributed by atoms with Crippen LogP contribution < -0.4 is 14.8 Å². The summed E-state index contributed by atoms with van der Waals surface area (Å²) in [6, 6.07) is 5.41. The minimum Gasteiger partial charge on any atom is -0.454 e. The van der Waals surface area contributed by atoms with Crippen molar-refractivity contribution in [3.8, 4) is 11.5 Å². The van der Waals surface area contributed by atoms with Gasteiger partial charge in [-0.3, -0.25) is 9.59 Å². The van der Waals surface area contributed by atoms with Crippen molar-refractivity contribution in [1.29, 1.82) is 0 Å². The first-order valence-corrected chi connectivity index (χ1v) is 8.70. The van der Waals surface area contributed by atoms with Crippen molar-refractivity contribution in [2.24, 2.45) is 11.8 Å². The molecule has 0 bridgehead atoms. The van der Waals surface area contributed by atoms with Crippen LogP contribution in [0.1, 0.15) is 32.1 Å². The smallest absolute Gasteiger partial charge is 0.231 e. The highest BCUT2D eigenvalue weighted by Gasteiger charge is 2.33. The lowest BCUT2D eigenvalue weighted by molar-refractivity contribution is -0.140. The minimum absolute atomic E-state index is 0.0182. The molecule has 1 N–H and O–H groups in total. The molecule has 6 heteroatoms. The van der Waals surface area contributed by atoms with Gasteiger partial charge in [0, 0.05) is 36.7 Å². The molecule has 4 rings (SSSR count). The van der Waals surface area contributed by atoms with Crippen molar-refractivity contribution < 1.29 is 19.1 Å². The van der Waals surface area contributed by atoms with Crippen LogP contribution in [0.2, 0.25) is 0 Å². The summed E-state index contributed by atoms with van der Waals surface area (Å²) in [4.78, 5) is 26.7. The summed E-state index contributed by atoms with van der Waals surface area (Å²) < 4.78 is 10.6. The second kappa shape index (κ2) is 6.34. The summed E-state index contributed by atoms with van der Waals surface area (Å²) in [5.41, 5.74) is 0.720. The van der Waals surface area contributed by atoms with Gasteiger partial charge in [0.2, 0.25) is 18.6 Å². The second-order valence-corrected chi connectivity index (χ2v) is 6.78. The third-order valence-electron chi connectivity index (χ3n) is 5.27. The van der Waals surface area contributed by atoms with Gasteiger partial charge in [-0.2, -0.15) is 0 Å². The van der Waals surface area contributed by atoms with Gasteiger partial charge in [0.25, 0.3) is 0 Å². The third kappa shape index (κ3) is 2.92. The lowest BCUT2D eigenvalue weighted by Crippen LogP contribution is -2.45. The molecule has 1 aromatic carbocycles. The maximum absolute atomic E-state index is 12.5. The van der Waals surface area contributed by atoms with Gasteiger partial charge in [0.05, 0.1) is 0 Å². The summed E-state index contributed by atoms with van der Waals surface area (Å²) in [6.45, 7) is 1.60. The maximum Gasteiger partial charge on any atom is 0.231 e. The van der Waals surface area contributed by atoms with Crippen LogP contribution in [-0.2, 0) is 9.59 Å². The topological polar surface area (TPSA) is 67.9 Å². The molecule has 3 aliphatic rings. The lowest BCUT2D eigenvalue weighted by Gasteiger charge is -2.36. The Labute approximate surface area is 141 Å². The molecular formula is C18H22N2O4. The average molecular weight is 330 g/mol. The van der Waals surface area contributed by atoms with E-state index in [9.17, 15) is 9.59 Å². The van der Waals surface area contributed by atoms with Gasteiger partial charge in [-0.25, -0.2) is 0 Å². The van der Waals surface area contributed by atoms with E-state index >= 15 is 0 Å². The van der Waals surface area contributed by atoms with E-state index in [4.69, 9.17) is 9.47 Å². The summed E-state index contributed by atoms with van der Waals surface area (Å²) in [7, 11) is 0. The number of ether oxygens (including phenoxy) is 2. The highest BCUT2D eigenvalue weighted by molar-refractivity contribution is 5.93. The third-order valence-corrected chi connectivity index (χ3v) is 5.27. The van der Waals surface area contributed by atoms with Crippen LogP contribution in [0, 0.1) is 11.8 Å². The molecule has 2 heterocycles. The SMILES string of the molecule is O=C(Nc1ccc2c(c1)OCO2)C1CCN(C(=O)C2CCC2)CC1. The number of carbonyl (C=O) groups is 2. The van der Waals surface area contributed by atoms with Crippen molar-refractivity contribution in [1.82, 2.24) is 4.90 Å². The van der Waals surface area contributed by atoms with Crippen molar-refractivity contribution >= 4 is 17.5 Å². The standard InChI is InChI=1S/C18H22N2O4/c21-17(19-14-4-5-15-16(10-14)24-11-23-15)12-6-8-20(9-7-12)18(22)13-2-1-3-13/h4-5,10,12-13H,1-3,6-9,11H2,(H,19,21). The van der Waals surface area contributed by atoms with Crippen molar-refractivity contribution in [2.45, 2.75) is 32.1 Å². The predicted molar refractivity (Wildman–Crippen MR) is 87.8 cm³/mol. The number of likely N-dealkylation sites (tertiary alicyclic amines) is 1. The normalized spacial score (nSPS) is 20.6. The van der Waals surface area contributed by atoms with Crippen LogP contribution in [0.15, 0.2) is 18.2 Å². The van der Waals surface area contributed by atoms with Crippen LogP contribution >= 0.6 is 0 Å². The zero-order chi connectivity index (χ0) is 16.5. The number of anilines is 1. The highest BCUT2D eigenvalue weighted by atomic mass is 16.7. The fourth-order valence-corrected chi connectivity index (χ4v) is 3.49. The first-order valence-electron chi connectivity index (χ1n) is 8.70. The second-order valence-electron chi connectivity index (χ2n) is 6.78. The molecule has 0 radical (unpaired) electrons. The van der Waals surface area contributed by atoms with Gasteiger partial charge in [-0.15, -0.1) is 0 Å². The van der Waals surface area contributed by atoms with E-state index in [2.05, 4.69) is 5.32 Å². The number of piperidine rings is 1. The van der Waals surface area contributed by atoms with Crippen LogP contribution in [-0.4, -0.2) is 36.6 Å². The Bertz CT molecular complexity index is 648. The summed E-state index contributed by atoms with van der Waals surface area (Å²) in [5, 5.41) is 2.95. The Kier molecular flexibility index (Phi) is 4.04. The Morgan fingerprint density at radius 1 is 1.00 bits per heavy atom. The first kappa shape index (κ1) is 15.3. The zero-order valence-electron chi connectivity index (χ0n) is 13.6. The Morgan fingerprint density at radius 3 is 2.46 bits per heavy atom. The number of amides is 2. The highest BCUT2D eigenvalue weighted by Crippen LogP contribution is 2.34. The van der Waals surface area contributed by atoms with E-state index in [1.54, 1.807) is 12.1 Å². The number of nitrogens with zero attached hydrogens (tertiary/aromatic N) is 1. The van der Waals surface area contributed by atoms with Gasteiger partial charge < -0.3 is 19.7 Å². The number of benzene rings is 1. The molecule has 2 aliphatic heterocycles. The number of nitrogens with one attached hydrogen (secondary N) is 1. The molecule has 2 fully saturated rings. The molecule has 1 saturated heterocycles. The Hall–Kier alpha value is -2.24. The van der Waals surface area contributed by atoms with Gasteiger partial charge in [-0.05, 0) is 37.8 Å². The molecule has 1 aliphatic carbocycles. The molecule has 0 aromatic heterocycles. The van der Waals surface area contributed by atoms with Crippen LogP contribution in [0.3, 0.4) is 0 Å². The first-order chi connectivity index (χ1) is 11.7. The summed E-state index contributed by atoms with van der Waals surface area (Å²) >= 11 is 0. The molecular weight excluding hydrogens is 308 g/mol. The fourth-order valence-electron chi connectivity index (χ4n) is 3.49. The number of hydrogen-bond donors (Lipinski definition) is 1. The molecule has 0 spiro atoms. The monoisotopic (exact) mass is 330 g/mol. The Balaban J connectivity index is 1.30. The number of fused-ring (bicyclic) bond motifs is 1. The number of hydrogen-bond acceptors (Lipinski definition) is 4. The van der Waals surface area contributed by atoms with E-state index in [-0.39, 0.29) is 30.4 Å². The maximum atomic E-state index is 12.5. The molecule has 1 aromatic rings. The van der Waals surface area contributed by atoms with Crippen LogP contribution in [0.4, 0.5) is 5.69 Å². The molecule has 0 atom stereocenters. The quantitative estimate of drug-likeness (QED) is 0.924. The molecule has 128 valence electrons. The van der Waals surface area contributed by atoms with Gasteiger partial charge in [0.15, 0.2) is 11.5 Å². The number of rotatable bonds is 3. The summed E-state index contributed by atoms with van der Waals surface area (Å²) in [6.07, 6.45) is 4.70. The van der Waals surface area contributed by atoms with E-state index in [0.717, 1.165) is 31.4 Å².